The molecule has 0 aliphatic heterocycles. The number of hydrogen-bond acceptors (Lipinski definition) is 3. The first-order valence-corrected chi connectivity index (χ1v) is 8.36. The van der Waals surface area contributed by atoms with Crippen molar-refractivity contribution < 1.29 is 9.21 Å². The molecule has 23 heavy (non-hydrogen) atoms. The summed E-state index contributed by atoms with van der Waals surface area (Å²) in [5, 5.41) is 3.90. The molecule has 0 bridgehead atoms. The normalized spacial score (nSPS) is 11.0. The minimum atomic E-state index is -0.228. The molecule has 0 fully saturated rings. The molecule has 4 nitrogen and oxygen atoms in total. The summed E-state index contributed by atoms with van der Waals surface area (Å²) in [6.45, 7) is 7.52. The van der Waals surface area contributed by atoms with Crippen LogP contribution in [0.4, 0.5) is 0 Å². The van der Waals surface area contributed by atoms with Gasteiger partial charge in [-0.05, 0) is 43.4 Å². The first-order chi connectivity index (χ1) is 11.0. The van der Waals surface area contributed by atoms with E-state index < -0.39 is 0 Å². The smallest absolute Gasteiger partial charge is 0.287 e. The molecule has 6 heteroatoms. The van der Waals surface area contributed by atoms with E-state index in [1.54, 1.807) is 30.3 Å². The topological polar surface area (TPSA) is 45.5 Å². The summed E-state index contributed by atoms with van der Waals surface area (Å²) >= 11 is 12.0. The Morgan fingerprint density at radius 1 is 1.17 bits per heavy atom. The zero-order valence-electron chi connectivity index (χ0n) is 13.2. The second-order valence-corrected chi connectivity index (χ2v) is 5.91. The molecule has 0 aliphatic rings. The fraction of sp³-hybridized carbons (Fsp3) is 0.353. The molecule has 0 aliphatic carbocycles. The lowest BCUT2D eigenvalue weighted by Gasteiger charge is -2.17. The predicted molar refractivity (Wildman–Crippen MR) is 94.3 cm³/mol. The maximum Gasteiger partial charge on any atom is 0.287 e. The third-order valence-corrected chi connectivity index (χ3v) is 4.18. The Bertz CT molecular complexity index is 666. The van der Waals surface area contributed by atoms with Gasteiger partial charge in [0.2, 0.25) is 0 Å². The number of rotatable bonds is 7. The van der Waals surface area contributed by atoms with E-state index in [-0.39, 0.29) is 11.7 Å². The highest BCUT2D eigenvalue weighted by Gasteiger charge is 2.14. The first kappa shape index (κ1) is 17.9. The Labute approximate surface area is 146 Å². The maximum absolute atomic E-state index is 12.1. The highest BCUT2D eigenvalue weighted by molar-refractivity contribution is 6.36. The number of benzene rings is 1. The Kier molecular flexibility index (Phi) is 6.51. The molecular weight excluding hydrogens is 335 g/mol. The summed E-state index contributed by atoms with van der Waals surface area (Å²) < 4.78 is 5.61. The lowest BCUT2D eigenvalue weighted by Crippen LogP contribution is -2.34. The number of hydrogen-bond donors (Lipinski definition) is 1. The van der Waals surface area contributed by atoms with Crippen LogP contribution in [0.5, 0.6) is 0 Å². The van der Waals surface area contributed by atoms with Crippen LogP contribution in [-0.2, 0) is 0 Å². The first-order valence-electron chi connectivity index (χ1n) is 7.61. The van der Waals surface area contributed by atoms with Crippen molar-refractivity contribution in [3.05, 3.63) is 46.1 Å². The van der Waals surface area contributed by atoms with Crippen molar-refractivity contribution in [1.29, 1.82) is 0 Å². The molecule has 0 spiro atoms. The summed E-state index contributed by atoms with van der Waals surface area (Å²) in [4.78, 5) is 14.3. The average Bonchev–Trinajstić information content (AvgIpc) is 3.01. The van der Waals surface area contributed by atoms with E-state index in [0.29, 0.717) is 27.9 Å². The van der Waals surface area contributed by atoms with E-state index in [1.165, 1.54) is 0 Å². The van der Waals surface area contributed by atoms with E-state index in [2.05, 4.69) is 24.1 Å². The van der Waals surface area contributed by atoms with E-state index in [1.807, 2.05) is 0 Å². The number of nitrogens with zero attached hydrogens (tertiary/aromatic N) is 1. The van der Waals surface area contributed by atoms with Crippen LogP contribution < -0.4 is 5.32 Å². The second kappa shape index (κ2) is 8.39. The zero-order valence-corrected chi connectivity index (χ0v) is 14.7. The summed E-state index contributed by atoms with van der Waals surface area (Å²) in [6.07, 6.45) is 0. The van der Waals surface area contributed by atoms with Crippen molar-refractivity contribution in [2.75, 3.05) is 26.2 Å². The minimum absolute atomic E-state index is 0.228. The highest BCUT2D eigenvalue weighted by Crippen LogP contribution is 2.31. The highest BCUT2D eigenvalue weighted by atomic mass is 35.5. The van der Waals surface area contributed by atoms with E-state index >= 15 is 0 Å². The van der Waals surface area contributed by atoms with Gasteiger partial charge in [0.1, 0.15) is 5.76 Å². The Balaban J connectivity index is 2.00. The van der Waals surface area contributed by atoms with Crippen molar-refractivity contribution in [2.24, 2.45) is 0 Å². The molecule has 0 saturated heterocycles. The van der Waals surface area contributed by atoms with Crippen LogP contribution in [0, 0.1) is 0 Å². The van der Waals surface area contributed by atoms with Crippen LogP contribution in [0.1, 0.15) is 24.4 Å². The molecule has 2 rings (SSSR count). The molecule has 0 saturated carbocycles. The number of furan rings is 1. The van der Waals surface area contributed by atoms with Gasteiger partial charge in [0, 0.05) is 23.7 Å². The van der Waals surface area contributed by atoms with Gasteiger partial charge < -0.3 is 14.6 Å². The number of nitrogens with one attached hydrogen (secondary N) is 1. The summed E-state index contributed by atoms with van der Waals surface area (Å²) in [5.41, 5.74) is 0.707. The quantitative estimate of drug-likeness (QED) is 0.804. The Morgan fingerprint density at radius 2 is 1.91 bits per heavy atom. The molecular formula is C17H20Cl2N2O2. The van der Waals surface area contributed by atoms with Crippen LogP contribution in [0.2, 0.25) is 10.0 Å². The van der Waals surface area contributed by atoms with E-state index in [9.17, 15) is 4.79 Å². The predicted octanol–water partition coefficient (Wildman–Crippen LogP) is 4.33. The lowest BCUT2D eigenvalue weighted by molar-refractivity contribution is 0.0922. The number of amides is 1. The summed E-state index contributed by atoms with van der Waals surface area (Å²) in [5.74, 6) is 0.583. The van der Waals surface area contributed by atoms with E-state index in [0.717, 1.165) is 19.6 Å². The molecule has 0 radical (unpaired) electrons. The van der Waals surface area contributed by atoms with Crippen molar-refractivity contribution >= 4 is 29.1 Å². The molecule has 1 amide bonds. The van der Waals surface area contributed by atoms with Crippen molar-refractivity contribution in [1.82, 2.24) is 10.2 Å². The van der Waals surface area contributed by atoms with Crippen LogP contribution in [0.3, 0.4) is 0 Å². The van der Waals surface area contributed by atoms with Gasteiger partial charge in [0.15, 0.2) is 5.76 Å². The van der Waals surface area contributed by atoms with Crippen LogP contribution in [0.25, 0.3) is 11.3 Å². The summed E-state index contributed by atoms with van der Waals surface area (Å²) in [7, 11) is 0. The molecule has 0 atom stereocenters. The van der Waals surface area contributed by atoms with Gasteiger partial charge >= 0.3 is 0 Å². The van der Waals surface area contributed by atoms with E-state index in [4.69, 9.17) is 27.6 Å². The van der Waals surface area contributed by atoms with Gasteiger partial charge in [-0.2, -0.15) is 0 Å². The van der Waals surface area contributed by atoms with Gasteiger partial charge in [-0.1, -0.05) is 37.0 Å². The number of halogens is 2. The average molecular weight is 355 g/mol. The van der Waals surface area contributed by atoms with Crippen LogP contribution >= 0.6 is 23.2 Å². The fourth-order valence-corrected chi connectivity index (χ4v) is 2.75. The molecule has 1 aromatic heterocycles. The fourth-order valence-electron chi connectivity index (χ4n) is 2.25. The third kappa shape index (κ3) is 4.74. The number of carbonyl (C=O) groups excluding carboxylic acids is 1. The second-order valence-electron chi connectivity index (χ2n) is 5.07. The van der Waals surface area contributed by atoms with Gasteiger partial charge in [0.05, 0.1) is 5.02 Å². The number of likely N-dealkylation sites (N-methyl/N-ethyl adjacent to an activating group) is 1. The van der Waals surface area contributed by atoms with Crippen molar-refractivity contribution in [3.63, 3.8) is 0 Å². The summed E-state index contributed by atoms with van der Waals surface area (Å²) in [6, 6.07) is 8.52. The maximum atomic E-state index is 12.1. The van der Waals surface area contributed by atoms with Crippen LogP contribution in [-0.4, -0.2) is 37.0 Å². The lowest BCUT2D eigenvalue weighted by atomic mass is 10.2. The molecule has 0 unspecified atom stereocenters. The zero-order chi connectivity index (χ0) is 16.8. The molecule has 1 heterocycles. The van der Waals surface area contributed by atoms with Gasteiger partial charge in [-0.25, -0.2) is 0 Å². The van der Waals surface area contributed by atoms with Gasteiger partial charge in [0.25, 0.3) is 5.91 Å². The molecule has 124 valence electrons. The minimum Gasteiger partial charge on any atom is -0.451 e. The molecule has 1 aromatic carbocycles. The van der Waals surface area contributed by atoms with Crippen molar-refractivity contribution in [3.8, 4) is 11.3 Å². The Morgan fingerprint density at radius 3 is 2.57 bits per heavy atom. The van der Waals surface area contributed by atoms with Gasteiger partial charge in [-0.15, -0.1) is 0 Å². The van der Waals surface area contributed by atoms with Gasteiger partial charge in [-0.3, -0.25) is 4.79 Å². The monoisotopic (exact) mass is 354 g/mol. The molecule has 1 N–H and O–H groups in total. The number of carbonyl (C=O) groups is 1. The third-order valence-electron chi connectivity index (χ3n) is 3.63. The van der Waals surface area contributed by atoms with Crippen molar-refractivity contribution in [2.45, 2.75) is 13.8 Å². The molecule has 2 aromatic rings. The SMILES string of the molecule is CCN(CC)CCNC(=O)c1ccc(-c2ccc(Cl)cc2Cl)o1. The Hall–Kier alpha value is -1.49. The standard InChI is InChI=1S/C17H20Cl2N2O2/c1-3-21(4-2)10-9-20-17(22)16-8-7-15(23-16)13-6-5-12(18)11-14(13)19/h5-8,11H,3-4,9-10H2,1-2H3,(H,20,22). The van der Waals surface area contributed by atoms with Crippen LogP contribution in [0.15, 0.2) is 34.7 Å². The largest absolute Gasteiger partial charge is 0.451 e.